The molecule has 0 saturated heterocycles. The molecule has 0 aromatic heterocycles. The van der Waals surface area contributed by atoms with Gasteiger partial charge in [-0.1, -0.05) is 18.2 Å². The van der Waals surface area contributed by atoms with Gasteiger partial charge in [0, 0.05) is 9.13 Å². The summed E-state index contributed by atoms with van der Waals surface area (Å²) in [7, 11) is 0. The number of aliphatic carboxylic acids is 1. The van der Waals surface area contributed by atoms with E-state index in [2.05, 4.69) is 0 Å². The van der Waals surface area contributed by atoms with Crippen LogP contribution in [0.2, 0.25) is 0 Å². The van der Waals surface area contributed by atoms with Gasteiger partial charge in [-0.25, -0.2) is 9.18 Å². The third kappa shape index (κ3) is 1.94. The molecule has 0 saturated carbocycles. The average molecular weight is 280 g/mol. The number of carboxylic acids is 1. The first-order chi connectivity index (χ1) is 5.63. The van der Waals surface area contributed by atoms with Crippen LogP contribution in [0.5, 0.6) is 0 Å². The Morgan fingerprint density at radius 2 is 2.08 bits per heavy atom. The van der Waals surface area contributed by atoms with Gasteiger partial charge in [-0.3, -0.25) is 0 Å². The lowest BCUT2D eigenvalue weighted by atomic mass is 10.1. The molecule has 0 radical (unpaired) electrons. The summed E-state index contributed by atoms with van der Waals surface area (Å²) in [5.74, 6) is -1.45. The summed E-state index contributed by atoms with van der Waals surface area (Å²) < 4.78 is 13.5. The first-order valence-corrected chi connectivity index (χ1v) is 4.32. The van der Waals surface area contributed by atoms with Crippen LogP contribution < -0.4 is 0 Å². The average Bonchev–Trinajstić information content (AvgIpc) is 2.04. The van der Waals surface area contributed by atoms with E-state index in [4.69, 9.17) is 5.11 Å². The van der Waals surface area contributed by atoms with Crippen LogP contribution in [0.4, 0.5) is 4.39 Å². The van der Waals surface area contributed by atoms with Gasteiger partial charge in [-0.05, 0) is 28.7 Å². The molecule has 2 nitrogen and oxygen atoms in total. The number of benzene rings is 1. The van der Waals surface area contributed by atoms with Crippen LogP contribution in [-0.4, -0.2) is 11.1 Å². The van der Waals surface area contributed by atoms with E-state index in [1.54, 1.807) is 18.2 Å². The highest BCUT2D eigenvalue weighted by molar-refractivity contribution is 14.1. The maximum absolute atomic E-state index is 12.9. The standard InChI is InChI=1S/C8H6FIO2/c9-7(8(11)12)5-3-1-2-4-6(5)10/h1-4,7H,(H,11,12). The topological polar surface area (TPSA) is 37.3 Å². The van der Waals surface area contributed by atoms with Gasteiger partial charge < -0.3 is 5.11 Å². The zero-order valence-electron chi connectivity index (χ0n) is 6.00. The molecule has 0 heterocycles. The fourth-order valence-electron chi connectivity index (χ4n) is 0.814. The van der Waals surface area contributed by atoms with Gasteiger partial charge in [0.25, 0.3) is 0 Å². The third-order valence-corrected chi connectivity index (χ3v) is 2.38. The van der Waals surface area contributed by atoms with Crippen LogP contribution >= 0.6 is 22.6 Å². The Labute approximate surface area is 82.5 Å². The van der Waals surface area contributed by atoms with Crippen molar-refractivity contribution in [3.05, 3.63) is 33.4 Å². The van der Waals surface area contributed by atoms with E-state index in [1.807, 2.05) is 22.6 Å². The van der Waals surface area contributed by atoms with Crippen molar-refractivity contribution in [2.24, 2.45) is 0 Å². The summed E-state index contributed by atoms with van der Waals surface area (Å²) in [6.45, 7) is 0. The summed E-state index contributed by atoms with van der Waals surface area (Å²) in [6, 6.07) is 6.50. The number of halogens is 2. The molecule has 12 heavy (non-hydrogen) atoms. The molecule has 1 aromatic rings. The Balaban J connectivity index is 3.02. The second-order valence-electron chi connectivity index (χ2n) is 2.22. The summed E-state index contributed by atoms with van der Waals surface area (Å²) in [5, 5.41) is 8.38. The molecule has 1 N–H and O–H groups in total. The highest BCUT2D eigenvalue weighted by Gasteiger charge is 2.19. The van der Waals surface area contributed by atoms with Crippen molar-refractivity contribution in [3.63, 3.8) is 0 Å². The number of alkyl halides is 1. The van der Waals surface area contributed by atoms with Crippen molar-refractivity contribution in [2.45, 2.75) is 6.17 Å². The zero-order chi connectivity index (χ0) is 9.14. The third-order valence-electron chi connectivity index (χ3n) is 1.40. The molecule has 1 atom stereocenters. The largest absolute Gasteiger partial charge is 0.479 e. The van der Waals surface area contributed by atoms with Gasteiger partial charge in [0.15, 0.2) is 0 Å². The summed E-state index contributed by atoms with van der Waals surface area (Å²) >= 11 is 1.91. The Kier molecular flexibility index (Phi) is 3.02. The first-order valence-electron chi connectivity index (χ1n) is 3.24. The summed E-state index contributed by atoms with van der Waals surface area (Å²) in [5.41, 5.74) is 0.214. The fourth-order valence-corrected chi connectivity index (χ4v) is 1.47. The van der Waals surface area contributed by atoms with Crippen molar-refractivity contribution >= 4 is 28.6 Å². The van der Waals surface area contributed by atoms with Crippen LogP contribution in [0.3, 0.4) is 0 Å². The number of hydrogen-bond donors (Lipinski definition) is 1. The molecule has 1 rings (SSSR count). The Bertz CT molecular complexity index is 301. The van der Waals surface area contributed by atoms with E-state index in [1.165, 1.54) is 6.07 Å². The van der Waals surface area contributed by atoms with Gasteiger partial charge in [-0.2, -0.15) is 0 Å². The molecule has 1 aromatic carbocycles. The zero-order valence-corrected chi connectivity index (χ0v) is 8.16. The van der Waals surface area contributed by atoms with Crippen molar-refractivity contribution in [1.82, 2.24) is 0 Å². The van der Waals surface area contributed by atoms with Gasteiger partial charge in [0.05, 0.1) is 0 Å². The number of hydrogen-bond acceptors (Lipinski definition) is 1. The van der Waals surface area contributed by atoms with Gasteiger partial charge in [-0.15, -0.1) is 0 Å². The van der Waals surface area contributed by atoms with E-state index >= 15 is 0 Å². The molecule has 0 amide bonds. The highest BCUT2D eigenvalue weighted by Crippen LogP contribution is 2.22. The van der Waals surface area contributed by atoms with Crippen LogP contribution in [0, 0.1) is 3.57 Å². The smallest absolute Gasteiger partial charge is 0.343 e. The number of carboxylic acid groups (broad SMARTS) is 1. The van der Waals surface area contributed by atoms with E-state index in [-0.39, 0.29) is 5.56 Å². The van der Waals surface area contributed by atoms with Crippen molar-refractivity contribution < 1.29 is 14.3 Å². The second kappa shape index (κ2) is 3.84. The minimum absolute atomic E-state index is 0.214. The van der Waals surface area contributed by atoms with Crippen LogP contribution in [0.15, 0.2) is 24.3 Å². The molecule has 1 unspecified atom stereocenters. The van der Waals surface area contributed by atoms with Gasteiger partial charge in [0.1, 0.15) is 0 Å². The van der Waals surface area contributed by atoms with Gasteiger partial charge in [0.2, 0.25) is 6.17 Å². The van der Waals surface area contributed by atoms with Crippen molar-refractivity contribution in [1.29, 1.82) is 0 Å². The minimum atomic E-state index is -1.92. The van der Waals surface area contributed by atoms with Crippen LogP contribution in [-0.2, 0) is 4.79 Å². The molecular formula is C8H6FIO2. The lowest BCUT2D eigenvalue weighted by Gasteiger charge is -2.04. The second-order valence-corrected chi connectivity index (χ2v) is 3.38. The molecule has 0 aliphatic carbocycles. The lowest BCUT2D eigenvalue weighted by Crippen LogP contribution is -2.07. The Morgan fingerprint density at radius 3 is 2.58 bits per heavy atom. The maximum atomic E-state index is 12.9. The molecule has 0 aliphatic rings. The van der Waals surface area contributed by atoms with E-state index < -0.39 is 12.1 Å². The number of carbonyl (C=O) groups is 1. The van der Waals surface area contributed by atoms with E-state index in [9.17, 15) is 9.18 Å². The van der Waals surface area contributed by atoms with Crippen LogP contribution in [0.1, 0.15) is 11.7 Å². The van der Waals surface area contributed by atoms with Crippen molar-refractivity contribution in [3.8, 4) is 0 Å². The quantitative estimate of drug-likeness (QED) is 0.844. The summed E-state index contributed by atoms with van der Waals surface area (Å²) in [4.78, 5) is 10.3. The lowest BCUT2D eigenvalue weighted by molar-refractivity contribution is -0.143. The van der Waals surface area contributed by atoms with E-state index in [0.717, 1.165) is 0 Å². The summed E-state index contributed by atoms with van der Waals surface area (Å²) in [6.07, 6.45) is -1.92. The maximum Gasteiger partial charge on any atom is 0.343 e. The SMILES string of the molecule is O=C(O)C(F)c1ccccc1I. The monoisotopic (exact) mass is 280 g/mol. The molecule has 64 valence electrons. The van der Waals surface area contributed by atoms with Crippen molar-refractivity contribution in [2.75, 3.05) is 0 Å². The molecule has 0 aliphatic heterocycles. The molecule has 0 fully saturated rings. The fraction of sp³-hybridized carbons (Fsp3) is 0.125. The Morgan fingerprint density at radius 1 is 1.50 bits per heavy atom. The van der Waals surface area contributed by atoms with E-state index in [0.29, 0.717) is 3.57 Å². The predicted octanol–water partition coefficient (Wildman–Crippen LogP) is 2.39. The number of rotatable bonds is 2. The van der Waals surface area contributed by atoms with Gasteiger partial charge >= 0.3 is 5.97 Å². The first kappa shape index (κ1) is 9.44. The molecule has 0 spiro atoms. The predicted molar refractivity (Wildman–Crippen MR) is 50.6 cm³/mol. The minimum Gasteiger partial charge on any atom is -0.479 e. The normalized spacial score (nSPS) is 12.5. The molecule has 4 heteroatoms. The molecule has 0 bridgehead atoms. The Hall–Kier alpha value is -0.650. The highest BCUT2D eigenvalue weighted by atomic mass is 127. The van der Waals surface area contributed by atoms with Crippen LogP contribution in [0.25, 0.3) is 0 Å². The molecular weight excluding hydrogens is 274 g/mol.